The van der Waals surface area contributed by atoms with Crippen LogP contribution in [0.2, 0.25) is 0 Å². The quantitative estimate of drug-likeness (QED) is 0.861. The van der Waals surface area contributed by atoms with Gasteiger partial charge in [-0.15, -0.1) is 0 Å². The van der Waals surface area contributed by atoms with E-state index in [2.05, 4.69) is 15.6 Å². The number of carbonyl (C=O) groups is 1. The van der Waals surface area contributed by atoms with E-state index in [0.717, 1.165) is 11.4 Å². The van der Waals surface area contributed by atoms with Crippen LogP contribution in [0.1, 0.15) is 29.0 Å². The lowest BCUT2D eigenvalue weighted by molar-refractivity contribution is 0.0947. The van der Waals surface area contributed by atoms with Crippen molar-refractivity contribution in [2.45, 2.75) is 25.4 Å². The van der Waals surface area contributed by atoms with Gasteiger partial charge in [0.2, 0.25) is 0 Å². The minimum atomic E-state index is -0.150. The van der Waals surface area contributed by atoms with Gasteiger partial charge in [-0.1, -0.05) is 0 Å². The van der Waals surface area contributed by atoms with Crippen LogP contribution in [0.4, 0.5) is 5.69 Å². The molecule has 0 atom stereocenters. The van der Waals surface area contributed by atoms with Crippen LogP contribution in [0.5, 0.6) is 0 Å². The summed E-state index contributed by atoms with van der Waals surface area (Å²) < 4.78 is 5.16. The zero-order valence-electron chi connectivity index (χ0n) is 10.4. The summed E-state index contributed by atoms with van der Waals surface area (Å²) in [7, 11) is 0. The van der Waals surface area contributed by atoms with Crippen LogP contribution >= 0.6 is 0 Å². The van der Waals surface area contributed by atoms with E-state index < -0.39 is 0 Å². The Labute approximate surface area is 111 Å². The van der Waals surface area contributed by atoms with Crippen molar-refractivity contribution in [2.24, 2.45) is 0 Å². The summed E-state index contributed by atoms with van der Waals surface area (Å²) in [5, 5.41) is 6.12. The predicted molar refractivity (Wildman–Crippen MR) is 70.8 cm³/mol. The van der Waals surface area contributed by atoms with Crippen molar-refractivity contribution in [3.63, 3.8) is 0 Å². The van der Waals surface area contributed by atoms with Gasteiger partial charge in [0.25, 0.3) is 5.91 Å². The Morgan fingerprint density at radius 3 is 3.05 bits per heavy atom. The van der Waals surface area contributed by atoms with Crippen molar-refractivity contribution in [1.82, 2.24) is 10.3 Å². The number of hydrogen-bond acceptors (Lipinski definition) is 4. The van der Waals surface area contributed by atoms with E-state index in [0.29, 0.717) is 18.2 Å². The van der Waals surface area contributed by atoms with Crippen LogP contribution in [0.15, 0.2) is 41.3 Å². The molecular formula is C14H15N3O2. The average Bonchev–Trinajstić information content (AvgIpc) is 3.08. The van der Waals surface area contributed by atoms with Gasteiger partial charge in [-0.25, -0.2) is 0 Å². The summed E-state index contributed by atoms with van der Waals surface area (Å²) in [5.41, 5.74) is 1.45. The Morgan fingerprint density at radius 2 is 2.32 bits per heavy atom. The second-order valence-electron chi connectivity index (χ2n) is 4.64. The smallest absolute Gasteiger partial charge is 0.253 e. The molecule has 1 saturated carbocycles. The number of aromatic nitrogens is 1. The van der Waals surface area contributed by atoms with Crippen molar-refractivity contribution < 1.29 is 9.21 Å². The van der Waals surface area contributed by atoms with E-state index in [4.69, 9.17) is 4.42 Å². The van der Waals surface area contributed by atoms with Gasteiger partial charge in [0.05, 0.1) is 24.1 Å². The second kappa shape index (κ2) is 5.14. The SMILES string of the molecule is O=C(NCc1ccco1)c1cncc(NC2CC2)c1. The van der Waals surface area contributed by atoms with Gasteiger partial charge in [0, 0.05) is 18.4 Å². The van der Waals surface area contributed by atoms with Crippen molar-refractivity contribution in [2.75, 3.05) is 5.32 Å². The van der Waals surface area contributed by atoms with Crippen LogP contribution in [0.25, 0.3) is 0 Å². The topological polar surface area (TPSA) is 67.2 Å². The lowest BCUT2D eigenvalue weighted by atomic mass is 10.2. The first-order chi connectivity index (χ1) is 9.31. The molecule has 1 fully saturated rings. The second-order valence-corrected chi connectivity index (χ2v) is 4.64. The molecule has 1 amide bonds. The third-order valence-corrected chi connectivity index (χ3v) is 2.95. The fourth-order valence-electron chi connectivity index (χ4n) is 1.79. The molecule has 1 aliphatic rings. The monoisotopic (exact) mass is 257 g/mol. The summed E-state index contributed by atoms with van der Waals surface area (Å²) in [5.74, 6) is 0.580. The Balaban J connectivity index is 1.61. The normalized spacial score (nSPS) is 14.1. The third-order valence-electron chi connectivity index (χ3n) is 2.95. The van der Waals surface area contributed by atoms with Crippen molar-refractivity contribution in [1.29, 1.82) is 0 Å². The fraction of sp³-hybridized carbons (Fsp3) is 0.286. The summed E-state index contributed by atoms with van der Waals surface area (Å²) >= 11 is 0. The molecular weight excluding hydrogens is 242 g/mol. The molecule has 2 aromatic rings. The number of anilines is 1. The molecule has 5 nitrogen and oxygen atoms in total. The molecule has 0 radical (unpaired) electrons. The molecule has 3 rings (SSSR count). The van der Waals surface area contributed by atoms with Gasteiger partial charge >= 0.3 is 0 Å². The Hall–Kier alpha value is -2.30. The Morgan fingerprint density at radius 1 is 1.42 bits per heavy atom. The number of amides is 1. The van der Waals surface area contributed by atoms with Gasteiger partial charge < -0.3 is 15.1 Å². The molecule has 0 unspecified atom stereocenters. The Kier molecular flexibility index (Phi) is 3.18. The van der Waals surface area contributed by atoms with E-state index in [-0.39, 0.29) is 5.91 Å². The lowest BCUT2D eigenvalue weighted by Crippen LogP contribution is -2.22. The van der Waals surface area contributed by atoms with Crippen LogP contribution in [0, 0.1) is 0 Å². The number of nitrogens with one attached hydrogen (secondary N) is 2. The maximum absolute atomic E-state index is 12.0. The van der Waals surface area contributed by atoms with Crippen LogP contribution in [-0.2, 0) is 6.54 Å². The maximum Gasteiger partial charge on any atom is 0.253 e. The molecule has 0 bridgehead atoms. The van der Waals surface area contributed by atoms with Gasteiger partial charge in [0.15, 0.2) is 0 Å². The number of rotatable bonds is 5. The third kappa shape index (κ3) is 3.13. The number of nitrogens with zero attached hydrogens (tertiary/aromatic N) is 1. The highest BCUT2D eigenvalue weighted by Gasteiger charge is 2.21. The van der Waals surface area contributed by atoms with E-state index in [1.165, 1.54) is 12.8 Å². The van der Waals surface area contributed by atoms with Crippen LogP contribution in [-0.4, -0.2) is 16.9 Å². The highest BCUT2D eigenvalue weighted by Crippen LogP contribution is 2.24. The first-order valence-corrected chi connectivity index (χ1v) is 6.33. The summed E-state index contributed by atoms with van der Waals surface area (Å²) in [6, 6.07) is 5.98. The van der Waals surface area contributed by atoms with Gasteiger partial charge in [-0.2, -0.15) is 0 Å². The number of pyridine rings is 1. The van der Waals surface area contributed by atoms with E-state index >= 15 is 0 Å². The highest BCUT2D eigenvalue weighted by molar-refractivity contribution is 5.94. The molecule has 19 heavy (non-hydrogen) atoms. The van der Waals surface area contributed by atoms with Crippen LogP contribution < -0.4 is 10.6 Å². The first-order valence-electron chi connectivity index (χ1n) is 6.33. The molecule has 2 N–H and O–H groups in total. The number of furan rings is 1. The standard InChI is InChI=1S/C14H15N3O2/c18-14(16-9-13-2-1-5-19-13)10-6-12(8-15-7-10)17-11-3-4-11/h1-2,5-8,11,17H,3-4,9H2,(H,16,18). The average molecular weight is 257 g/mol. The fourth-order valence-corrected chi connectivity index (χ4v) is 1.79. The van der Waals surface area contributed by atoms with E-state index in [9.17, 15) is 4.79 Å². The van der Waals surface area contributed by atoms with Gasteiger partial charge in [-0.05, 0) is 31.0 Å². The van der Waals surface area contributed by atoms with E-state index in [1.54, 1.807) is 24.7 Å². The van der Waals surface area contributed by atoms with Crippen molar-refractivity contribution in [3.8, 4) is 0 Å². The minimum absolute atomic E-state index is 0.150. The molecule has 0 aliphatic heterocycles. The van der Waals surface area contributed by atoms with Gasteiger partial charge in [-0.3, -0.25) is 9.78 Å². The maximum atomic E-state index is 12.0. The molecule has 0 spiro atoms. The van der Waals surface area contributed by atoms with Gasteiger partial charge in [0.1, 0.15) is 5.76 Å². The van der Waals surface area contributed by atoms with Crippen molar-refractivity contribution in [3.05, 3.63) is 48.2 Å². The molecule has 2 heterocycles. The molecule has 5 heteroatoms. The highest BCUT2D eigenvalue weighted by atomic mass is 16.3. The summed E-state index contributed by atoms with van der Waals surface area (Å²) in [6.45, 7) is 0.381. The molecule has 98 valence electrons. The van der Waals surface area contributed by atoms with Crippen LogP contribution in [0.3, 0.4) is 0 Å². The molecule has 0 aromatic carbocycles. The van der Waals surface area contributed by atoms with E-state index in [1.807, 2.05) is 12.1 Å². The van der Waals surface area contributed by atoms with Crippen molar-refractivity contribution >= 4 is 11.6 Å². The molecule has 1 aliphatic carbocycles. The zero-order valence-corrected chi connectivity index (χ0v) is 10.4. The zero-order chi connectivity index (χ0) is 13.1. The Bertz CT molecular complexity index is 562. The summed E-state index contributed by atoms with van der Waals surface area (Å²) in [6.07, 6.45) is 7.27. The largest absolute Gasteiger partial charge is 0.467 e. The minimum Gasteiger partial charge on any atom is -0.467 e. The number of carbonyl (C=O) groups excluding carboxylic acids is 1. The number of hydrogen-bond donors (Lipinski definition) is 2. The predicted octanol–water partition coefficient (Wildman–Crippen LogP) is 2.18. The summed E-state index contributed by atoms with van der Waals surface area (Å²) in [4.78, 5) is 16.1. The molecule has 2 aromatic heterocycles. The lowest BCUT2D eigenvalue weighted by Gasteiger charge is -2.07. The molecule has 0 saturated heterocycles. The first kappa shape index (κ1) is 11.8.